The minimum absolute atomic E-state index is 0.405. The minimum atomic E-state index is 0.405. The van der Waals surface area contributed by atoms with Gasteiger partial charge in [0.2, 0.25) is 5.89 Å². The summed E-state index contributed by atoms with van der Waals surface area (Å²) >= 11 is 0. The average Bonchev–Trinajstić information content (AvgIpc) is 3.18. The van der Waals surface area contributed by atoms with Crippen molar-refractivity contribution in [3.8, 4) is 11.5 Å². The van der Waals surface area contributed by atoms with Crippen LogP contribution in [0.1, 0.15) is 24.2 Å². The number of hydrogen-bond donors (Lipinski definition) is 0. The van der Waals surface area contributed by atoms with Crippen LogP contribution in [0.15, 0.2) is 65.5 Å². The van der Waals surface area contributed by atoms with E-state index in [2.05, 4.69) is 32.8 Å². The molecule has 0 saturated carbocycles. The van der Waals surface area contributed by atoms with Crippen LogP contribution in [0.4, 0.5) is 0 Å². The van der Waals surface area contributed by atoms with E-state index in [1.807, 2.05) is 48.8 Å². The van der Waals surface area contributed by atoms with Gasteiger partial charge >= 0.3 is 0 Å². The van der Waals surface area contributed by atoms with E-state index in [1.165, 1.54) is 5.56 Å². The molecule has 3 heterocycles. The molecular formula is C21H24N4O. The van der Waals surface area contributed by atoms with E-state index in [0.29, 0.717) is 11.9 Å². The number of pyridine rings is 1. The van der Waals surface area contributed by atoms with Crippen molar-refractivity contribution in [3.05, 3.63) is 72.4 Å². The van der Waals surface area contributed by atoms with Gasteiger partial charge in [-0.15, -0.1) is 0 Å². The summed E-state index contributed by atoms with van der Waals surface area (Å²) in [6.45, 7) is 7.29. The maximum absolute atomic E-state index is 5.65. The first kappa shape index (κ1) is 16.9. The van der Waals surface area contributed by atoms with E-state index in [4.69, 9.17) is 4.42 Å². The monoisotopic (exact) mass is 348 g/mol. The molecule has 0 N–H and O–H groups in total. The zero-order chi connectivity index (χ0) is 17.8. The highest BCUT2D eigenvalue weighted by Crippen LogP contribution is 2.22. The first-order chi connectivity index (χ1) is 12.8. The first-order valence-electron chi connectivity index (χ1n) is 9.16. The summed E-state index contributed by atoms with van der Waals surface area (Å²) in [5.74, 6) is 0.699. The molecule has 1 aliphatic rings. The van der Waals surface area contributed by atoms with Crippen molar-refractivity contribution in [1.82, 2.24) is 19.8 Å². The van der Waals surface area contributed by atoms with Gasteiger partial charge in [0, 0.05) is 56.7 Å². The summed E-state index contributed by atoms with van der Waals surface area (Å²) in [6.07, 6.45) is 5.58. The molecule has 1 unspecified atom stereocenters. The van der Waals surface area contributed by atoms with Crippen molar-refractivity contribution in [2.24, 2.45) is 0 Å². The highest BCUT2D eigenvalue weighted by atomic mass is 16.3. The summed E-state index contributed by atoms with van der Waals surface area (Å²) in [6, 6.07) is 14.6. The Balaban J connectivity index is 1.32. The van der Waals surface area contributed by atoms with Crippen LogP contribution in [-0.4, -0.2) is 45.9 Å². The third kappa shape index (κ3) is 3.84. The Morgan fingerprint density at radius 2 is 1.85 bits per heavy atom. The summed E-state index contributed by atoms with van der Waals surface area (Å²) < 4.78 is 5.65. The van der Waals surface area contributed by atoms with Crippen LogP contribution in [0.2, 0.25) is 0 Å². The molecule has 1 aromatic carbocycles. The third-order valence-corrected chi connectivity index (χ3v) is 5.08. The number of benzene rings is 1. The molecule has 0 amide bonds. The van der Waals surface area contributed by atoms with Gasteiger partial charge in [0.15, 0.2) is 0 Å². The van der Waals surface area contributed by atoms with Crippen LogP contribution in [-0.2, 0) is 6.54 Å². The lowest BCUT2D eigenvalue weighted by Gasteiger charge is -2.37. The van der Waals surface area contributed by atoms with Crippen LogP contribution in [0, 0.1) is 0 Å². The molecule has 5 heteroatoms. The van der Waals surface area contributed by atoms with Gasteiger partial charge in [-0.3, -0.25) is 14.8 Å². The second kappa shape index (κ2) is 7.81. The molecule has 26 heavy (non-hydrogen) atoms. The van der Waals surface area contributed by atoms with Crippen LogP contribution < -0.4 is 0 Å². The topological polar surface area (TPSA) is 45.4 Å². The Labute approximate surface area is 154 Å². The molecule has 0 aliphatic carbocycles. The zero-order valence-corrected chi connectivity index (χ0v) is 15.1. The maximum Gasteiger partial charge on any atom is 0.226 e. The van der Waals surface area contributed by atoms with Gasteiger partial charge in [0.25, 0.3) is 0 Å². The Bertz CT molecular complexity index is 810. The number of oxazole rings is 1. The second-order valence-electron chi connectivity index (χ2n) is 6.78. The van der Waals surface area contributed by atoms with Gasteiger partial charge in [-0.2, -0.15) is 0 Å². The Kier molecular flexibility index (Phi) is 5.09. The quantitative estimate of drug-likeness (QED) is 0.705. The smallest absolute Gasteiger partial charge is 0.226 e. The molecule has 3 aromatic rings. The van der Waals surface area contributed by atoms with E-state index >= 15 is 0 Å². The maximum atomic E-state index is 5.65. The second-order valence-corrected chi connectivity index (χ2v) is 6.78. The standard InChI is InChI=1S/C21H24N4O/c1-17(19-8-5-9-22-14-19)25-12-10-24(11-13-25)15-20-16-26-21(23-20)18-6-3-2-4-7-18/h2-9,14,16-17H,10-13,15H2,1H3. The van der Waals surface area contributed by atoms with Gasteiger partial charge in [-0.25, -0.2) is 4.98 Å². The summed E-state index contributed by atoms with van der Waals surface area (Å²) in [4.78, 5) is 13.9. The van der Waals surface area contributed by atoms with Gasteiger partial charge in [-0.05, 0) is 30.7 Å². The van der Waals surface area contributed by atoms with E-state index < -0.39 is 0 Å². The third-order valence-electron chi connectivity index (χ3n) is 5.08. The molecular weight excluding hydrogens is 324 g/mol. The van der Waals surface area contributed by atoms with E-state index in [9.17, 15) is 0 Å². The predicted molar refractivity (Wildman–Crippen MR) is 101 cm³/mol. The number of aromatic nitrogens is 2. The lowest BCUT2D eigenvalue weighted by atomic mass is 10.1. The molecule has 0 radical (unpaired) electrons. The number of hydrogen-bond acceptors (Lipinski definition) is 5. The van der Waals surface area contributed by atoms with Crippen molar-refractivity contribution in [1.29, 1.82) is 0 Å². The zero-order valence-electron chi connectivity index (χ0n) is 15.1. The summed E-state index contributed by atoms with van der Waals surface area (Å²) in [5.41, 5.74) is 3.30. The molecule has 4 rings (SSSR count). The van der Waals surface area contributed by atoms with Gasteiger partial charge in [-0.1, -0.05) is 24.3 Å². The predicted octanol–water partition coefficient (Wildman–Crippen LogP) is 3.62. The molecule has 1 aliphatic heterocycles. The molecule has 134 valence electrons. The first-order valence-corrected chi connectivity index (χ1v) is 9.16. The fraction of sp³-hybridized carbons (Fsp3) is 0.333. The molecule has 2 aromatic heterocycles. The molecule has 5 nitrogen and oxygen atoms in total. The fourth-order valence-electron chi connectivity index (χ4n) is 3.46. The lowest BCUT2D eigenvalue weighted by molar-refractivity contribution is 0.0969. The lowest BCUT2D eigenvalue weighted by Crippen LogP contribution is -2.46. The Hall–Kier alpha value is -2.50. The van der Waals surface area contributed by atoms with Crippen LogP contribution in [0.3, 0.4) is 0 Å². The molecule has 0 spiro atoms. The molecule has 1 atom stereocenters. The molecule has 1 fully saturated rings. The van der Waals surface area contributed by atoms with E-state index in [-0.39, 0.29) is 0 Å². The number of piperazine rings is 1. The average molecular weight is 348 g/mol. The van der Waals surface area contributed by atoms with Crippen molar-refractivity contribution in [2.75, 3.05) is 26.2 Å². The molecule has 1 saturated heterocycles. The van der Waals surface area contributed by atoms with Crippen LogP contribution in [0.5, 0.6) is 0 Å². The highest BCUT2D eigenvalue weighted by molar-refractivity contribution is 5.52. The molecule has 0 bridgehead atoms. The largest absolute Gasteiger partial charge is 0.444 e. The van der Waals surface area contributed by atoms with Crippen LogP contribution in [0.25, 0.3) is 11.5 Å². The van der Waals surface area contributed by atoms with Crippen molar-refractivity contribution < 1.29 is 4.42 Å². The van der Waals surface area contributed by atoms with Gasteiger partial charge < -0.3 is 4.42 Å². The van der Waals surface area contributed by atoms with Gasteiger partial charge in [0.05, 0.1) is 5.69 Å². The normalized spacial score (nSPS) is 17.3. The van der Waals surface area contributed by atoms with Crippen LogP contribution >= 0.6 is 0 Å². The Morgan fingerprint density at radius 1 is 1.04 bits per heavy atom. The number of rotatable bonds is 5. The Morgan fingerprint density at radius 3 is 2.58 bits per heavy atom. The summed E-state index contributed by atoms with van der Waals surface area (Å²) in [7, 11) is 0. The minimum Gasteiger partial charge on any atom is -0.444 e. The summed E-state index contributed by atoms with van der Waals surface area (Å²) in [5, 5.41) is 0. The SMILES string of the molecule is CC(c1cccnc1)N1CCN(Cc2coc(-c3ccccc3)n2)CC1. The van der Waals surface area contributed by atoms with Crippen molar-refractivity contribution in [2.45, 2.75) is 19.5 Å². The fourth-order valence-corrected chi connectivity index (χ4v) is 3.46. The van der Waals surface area contributed by atoms with Gasteiger partial charge in [0.1, 0.15) is 6.26 Å². The van der Waals surface area contributed by atoms with Crippen molar-refractivity contribution >= 4 is 0 Å². The highest BCUT2D eigenvalue weighted by Gasteiger charge is 2.22. The van der Waals surface area contributed by atoms with E-state index in [0.717, 1.165) is 44.0 Å². The van der Waals surface area contributed by atoms with Crippen molar-refractivity contribution in [3.63, 3.8) is 0 Å². The van der Waals surface area contributed by atoms with E-state index in [1.54, 1.807) is 6.26 Å². The number of nitrogens with zero attached hydrogens (tertiary/aromatic N) is 4.